The van der Waals surface area contributed by atoms with Gasteiger partial charge in [-0.15, -0.1) is 0 Å². The molecule has 1 atom stereocenters. The first-order valence-corrected chi connectivity index (χ1v) is 29.1. The highest BCUT2D eigenvalue weighted by atomic mass is 16.6. The molecule has 0 saturated heterocycles. The molecule has 0 heterocycles. The van der Waals surface area contributed by atoms with Crippen LogP contribution in [-0.2, 0) is 28.6 Å². The van der Waals surface area contributed by atoms with E-state index in [1.807, 2.05) is 0 Å². The van der Waals surface area contributed by atoms with Crippen molar-refractivity contribution in [2.75, 3.05) is 13.2 Å². The molecule has 396 valence electrons. The lowest BCUT2D eigenvalue weighted by atomic mass is 10.0. The van der Waals surface area contributed by atoms with Gasteiger partial charge in [0.05, 0.1) is 0 Å². The summed E-state index contributed by atoms with van der Waals surface area (Å²) in [6, 6.07) is 0. The van der Waals surface area contributed by atoms with Gasteiger partial charge in [0.25, 0.3) is 0 Å². The normalized spacial score (nSPS) is 12.7. The Bertz CT molecular complexity index is 1330. The van der Waals surface area contributed by atoms with Crippen molar-refractivity contribution in [2.24, 2.45) is 0 Å². The van der Waals surface area contributed by atoms with E-state index in [1.165, 1.54) is 128 Å². The third kappa shape index (κ3) is 55.4. The predicted molar refractivity (Wildman–Crippen MR) is 297 cm³/mol. The number of hydrogen-bond acceptors (Lipinski definition) is 6. The van der Waals surface area contributed by atoms with E-state index in [0.717, 1.165) is 103 Å². The Labute approximate surface area is 426 Å². The molecule has 0 radical (unpaired) electrons. The second-order valence-corrected chi connectivity index (χ2v) is 19.2. The molecule has 0 fully saturated rings. The van der Waals surface area contributed by atoms with Crippen LogP contribution in [-0.4, -0.2) is 37.2 Å². The SMILES string of the molecule is CC/C=C\C/C=C\C/C=C\C/C=C\CCCCC(=O)O[C@H](COC(=O)CCCCCCC/C=C\C/C=C\CCCCC)COC(=O)CCCCCCCCCCCCC/C=C\CCCCCCCC. The maximum Gasteiger partial charge on any atom is 0.306 e. The number of unbranched alkanes of at least 4 members (excludes halogenated alkanes) is 27. The van der Waals surface area contributed by atoms with E-state index < -0.39 is 6.10 Å². The Morgan fingerprint density at radius 3 is 0.957 bits per heavy atom. The molecule has 0 aromatic heterocycles. The fourth-order valence-electron chi connectivity index (χ4n) is 7.99. The van der Waals surface area contributed by atoms with E-state index in [-0.39, 0.29) is 37.5 Å². The van der Waals surface area contributed by atoms with Crippen LogP contribution in [0.2, 0.25) is 0 Å². The fraction of sp³-hybridized carbons (Fsp3) is 0.730. The minimum absolute atomic E-state index is 0.0978. The van der Waals surface area contributed by atoms with Crippen molar-refractivity contribution in [3.05, 3.63) is 85.1 Å². The van der Waals surface area contributed by atoms with Gasteiger partial charge in [-0.1, -0.05) is 228 Å². The molecule has 0 bridgehead atoms. The third-order valence-corrected chi connectivity index (χ3v) is 12.4. The molecule has 0 unspecified atom stereocenters. The smallest absolute Gasteiger partial charge is 0.306 e. The van der Waals surface area contributed by atoms with Crippen LogP contribution in [0.4, 0.5) is 0 Å². The number of carbonyl (C=O) groups excluding carboxylic acids is 3. The van der Waals surface area contributed by atoms with Crippen molar-refractivity contribution in [1.29, 1.82) is 0 Å². The van der Waals surface area contributed by atoms with Gasteiger partial charge in [-0.2, -0.15) is 0 Å². The summed E-state index contributed by atoms with van der Waals surface area (Å²) >= 11 is 0. The molecular formula is C63H108O6. The molecule has 0 rings (SSSR count). The van der Waals surface area contributed by atoms with Crippen molar-refractivity contribution in [3.63, 3.8) is 0 Å². The van der Waals surface area contributed by atoms with Crippen molar-refractivity contribution < 1.29 is 28.6 Å². The van der Waals surface area contributed by atoms with Crippen LogP contribution in [0.5, 0.6) is 0 Å². The summed E-state index contributed by atoms with van der Waals surface area (Å²) in [5.41, 5.74) is 0. The fourth-order valence-corrected chi connectivity index (χ4v) is 7.99. The standard InChI is InChI=1S/C63H108O6/c1-4-7-10-13-16-19-22-25-28-29-30-31-32-33-36-38-41-44-47-50-53-56-62(65)68-59-60(69-63(66)57-54-51-48-45-42-39-35-27-24-21-18-15-12-9-6-3)58-67-61(64)55-52-49-46-43-40-37-34-26-23-20-17-14-11-8-5-2/h9,12,17-18,20-21,25-28,34-35,42,45,60H,4-8,10-11,13-16,19,22-24,29-33,36-41,43-44,46-59H2,1-3H3/b12-9-,20-17-,21-18-,28-25-,34-26-,35-27-,45-42-/t60-/m1/s1. The predicted octanol–water partition coefficient (Wildman–Crippen LogP) is 19.5. The zero-order valence-corrected chi connectivity index (χ0v) is 45.3. The molecule has 0 saturated carbocycles. The van der Waals surface area contributed by atoms with Gasteiger partial charge in [-0.25, -0.2) is 0 Å². The van der Waals surface area contributed by atoms with Crippen LogP contribution >= 0.6 is 0 Å². The van der Waals surface area contributed by atoms with Crippen LogP contribution in [0.25, 0.3) is 0 Å². The van der Waals surface area contributed by atoms with Gasteiger partial charge in [-0.05, 0) is 116 Å². The van der Waals surface area contributed by atoms with Gasteiger partial charge in [0, 0.05) is 19.3 Å². The lowest BCUT2D eigenvalue weighted by Gasteiger charge is -2.18. The van der Waals surface area contributed by atoms with Crippen LogP contribution in [0, 0.1) is 0 Å². The van der Waals surface area contributed by atoms with E-state index in [4.69, 9.17) is 14.2 Å². The van der Waals surface area contributed by atoms with Crippen molar-refractivity contribution in [1.82, 2.24) is 0 Å². The highest BCUT2D eigenvalue weighted by molar-refractivity contribution is 5.71. The molecule has 0 spiro atoms. The molecule has 0 N–H and O–H groups in total. The summed E-state index contributed by atoms with van der Waals surface area (Å²) in [5, 5.41) is 0. The van der Waals surface area contributed by atoms with Crippen molar-refractivity contribution in [3.8, 4) is 0 Å². The highest BCUT2D eigenvalue weighted by Crippen LogP contribution is 2.15. The number of hydrogen-bond donors (Lipinski definition) is 0. The number of allylic oxidation sites excluding steroid dienone is 14. The summed E-state index contributed by atoms with van der Waals surface area (Å²) in [5.74, 6) is -0.949. The first-order valence-electron chi connectivity index (χ1n) is 29.1. The lowest BCUT2D eigenvalue weighted by Crippen LogP contribution is -2.30. The van der Waals surface area contributed by atoms with Crippen LogP contribution in [0.1, 0.15) is 278 Å². The van der Waals surface area contributed by atoms with Crippen molar-refractivity contribution in [2.45, 2.75) is 284 Å². The Hall–Kier alpha value is -3.41. The molecule has 0 amide bonds. The molecule has 0 aliphatic heterocycles. The average molecular weight is 962 g/mol. The maximum atomic E-state index is 12.8. The van der Waals surface area contributed by atoms with E-state index in [1.54, 1.807) is 0 Å². The minimum Gasteiger partial charge on any atom is -0.462 e. The van der Waals surface area contributed by atoms with Crippen LogP contribution in [0.3, 0.4) is 0 Å². The van der Waals surface area contributed by atoms with Gasteiger partial charge in [0.15, 0.2) is 6.10 Å². The largest absolute Gasteiger partial charge is 0.462 e. The zero-order chi connectivity index (χ0) is 50.0. The van der Waals surface area contributed by atoms with E-state index in [9.17, 15) is 14.4 Å². The molecule has 0 aliphatic carbocycles. The van der Waals surface area contributed by atoms with Crippen LogP contribution < -0.4 is 0 Å². The van der Waals surface area contributed by atoms with Gasteiger partial charge >= 0.3 is 17.9 Å². The number of carbonyl (C=O) groups is 3. The van der Waals surface area contributed by atoms with Gasteiger partial charge in [0.2, 0.25) is 0 Å². The summed E-state index contributed by atoms with van der Waals surface area (Å²) in [6.45, 7) is 6.46. The van der Waals surface area contributed by atoms with Crippen LogP contribution in [0.15, 0.2) is 85.1 Å². The number of esters is 3. The first-order chi connectivity index (χ1) is 34.0. The summed E-state index contributed by atoms with van der Waals surface area (Å²) in [4.78, 5) is 38.1. The molecular weight excluding hydrogens is 853 g/mol. The van der Waals surface area contributed by atoms with Gasteiger partial charge < -0.3 is 14.2 Å². The van der Waals surface area contributed by atoms with E-state index in [0.29, 0.717) is 19.3 Å². The number of ether oxygens (including phenoxy) is 3. The minimum atomic E-state index is -0.805. The quantitative estimate of drug-likeness (QED) is 0.0262. The van der Waals surface area contributed by atoms with Crippen molar-refractivity contribution >= 4 is 17.9 Å². The Morgan fingerprint density at radius 2 is 0.565 bits per heavy atom. The molecule has 6 heteroatoms. The highest BCUT2D eigenvalue weighted by Gasteiger charge is 2.19. The molecule has 69 heavy (non-hydrogen) atoms. The summed E-state index contributed by atoms with van der Waals surface area (Å²) in [6.07, 6.45) is 74.4. The first kappa shape index (κ1) is 65.6. The maximum absolute atomic E-state index is 12.8. The Morgan fingerprint density at radius 1 is 0.304 bits per heavy atom. The monoisotopic (exact) mass is 961 g/mol. The van der Waals surface area contributed by atoms with E-state index in [2.05, 4.69) is 106 Å². The van der Waals surface area contributed by atoms with E-state index >= 15 is 0 Å². The average Bonchev–Trinajstić information content (AvgIpc) is 3.35. The van der Waals surface area contributed by atoms with Gasteiger partial charge in [-0.3, -0.25) is 14.4 Å². The molecule has 0 aromatic rings. The molecule has 0 aromatic carbocycles. The summed E-state index contributed by atoms with van der Waals surface area (Å²) < 4.78 is 16.8. The zero-order valence-electron chi connectivity index (χ0n) is 45.3. The Balaban J connectivity index is 4.40. The third-order valence-electron chi connectivity index (χ3n) is 12.4. The topological polar surface area (TPSA) is 78.9 Å². The second-order valence-electron chi connectivity index (χ2n) is 19.2. The lowest BCUT2D eigenvalue weighted by molar-refractivity contribution is -0.167. The van der Waals surface area contributed by atoms with Gasteiger partial charge in [0.1, 0.15) is 13.2 Å². The Kier molecular flexibility index (Phi) is 54.3. The summed E-state index contributed by atoms with van der Waals surface area (Å²) in [7, 11) is 0. The second kappa shape index (κ2) is 57.2. The molecule has 6 nitrogen and oxygen atoms in total. The number of rotatable bonds is 52. The molecule has 0 aliphatic rings.